The predicted molar refractivity (Wildman–Crippen MR) is 83.4 cm³/mol. The molecule has 0 saturated carbocycles. The fraction of sp³-hybridized carbons (Fsp3) is 0.529. The molecule has 1 rings (SSSR count). The molecule has 4 nitrogen and oxygen atoms in total. The summed E-state index contributed by atoms with van der Waals surface area (Å²) in [7, 11) is 0. The van der Waals surface area contributed by atoms with Crippen molar-refractivity contribution in [2.24, 2.45) is 0 Å². The van der Waals surface area contributed by atoms with Crippen LogP contribution < -0.4 is 10.1 Å². The summed E-state index contributed by atoms with van der Waals surface area (Å²) in [5, 5.41) is 2.88. The Hall–Kier alpha value is -1.84. The minimum Gasteiger partial charge on any atom is -0.481 e. The molecule has 1 unspecified atom stereocenters. The van der Waals surface area contributed by atoms with Gasteiger partial charge in [0.2, 0.25) is 0 Å². The second kappa shape index (κ2) is 7.25. The van der Waals surface area contributed by atoms with E-state index in [0.29, 0.717) is 12.2 Å². The van der Waals surface area contributed by atoms with Crippen molar-refractivity contribution in [2.75, 3.05) is 0 Å². The minimum absolute atomic E-state index is 0.136. The molecule has 0 radical (unpaired) electrons. The van der Waals surface area contributed by atoms with Gasteiger partial charge in [-0.25, -0.2) is 0 Å². The molecule has 116 valence electrons. The quantitative estimate of drug-likeness (QED) is 0.876. The van der Waals surface area contributed by atoms with Gasteiger partial charge < -0.3 is 14.8 Å². The van der Waals surface area contributed by atoms with Gasteiger partial charge in [0.25, 0.3) is 5.91 Å². The number of nitrogens with one attached hydrogen (secondary N) is 1. The zero-order valence-electron chi connectivity index (χ0n) is 13.5. The van der Waals surface area contributed by atoms with E-state index in [4.69, 9.17) is 4.74 Å². The summed E-state index contributed by atoms with van der Waals surface area (Å²) < 4.78 is 5.62. The lowest BCUT2D eigenvalue weighted by Gasteiger charge is -2.23. The highest BCUT2D eigenvalue weighted by molar-refractivity contribution is 5.81. The van der Waals surface area contributed by atoms with E-state index in [-0.39, 0.29) is 17.2 Å². The number of rotatable bonds is 6. The molecule has 1 amide bonds. The molecule has 0 aliphatic heterocycles. The first-order chi connectivity index (χ1) is 9.67. The van der Waals surface area contributed by atoms with Crippen LogP contribution in [0.15, 0.2) is 24.3 Å². The summed E-state index contributed by atoms with van der Waals surface area (Å²) in [6.07, 6.45) is 0.729. The van der Waals surface area contributed by atoms with Gasteiger partial charge in [0, 0.05) is 12.0 Å². The number of aryl methyl sites for hydroxylation is 1. The number of benzene rings is 1. The normalized spacial score (nSPS) is 12.6. The Kier molecular flexibility index (Phi) is 5.94. The zero-order valence-corrected chi connectivity index (χ0v) is 13.5. The second-order valence-corrected chi connectivity index (χ2v) is 6.35. The minimum atomic E-state index is -0.549. The van der Waals surface area contributed by atoms with Gasteiger partial charge in [-0.1, -0.05) is 12.1 Å². The van der Waals surface area contributed by atoms with Crippen LogP contribution in [0.5, 0.6) is 5.75 Å². The van der Waals surface area contributed by atoms with Crippen LogP contribution in [0.4, 0.5) is 0 Å². The highest BCUT2D eigenvalue weighted by Gasteiger charge is 2.20. The number of ketones is 1. The third kappa shape index (κ3) is 6.93. The van der Waals surface area contributed by atoms with Crippen LogP contribution in [-0.2, 0) is 16.0 Å². The van der Waals surface area contributed by atoms with Crippen LogP contribution in [0.1, 0.15) is 46.6 Å². The Balaban J connectivity index is 2.55. The number of amides is 1. The van der Waals surface area contributed by atoms with E-state index in [0.717, 1.165) is 12.0 Å². The topological polar surface area (TPSA) is 55.4 Å². The summed E-state index contributed by atoms with van der Waals surface area (Å²) in [6.45, 7) is 9.11. The number of Topliss-reactive ketones (excluding diaryl/α,β-unsaturated/α-hetero) is 1. The van der Waals surface area contributed by atoms with E-state index in [1.165, 1.54) is 0 Å². The maximum absolute atomic E-state index is 11.9. The standard InChI is InChI=1S/C17H25NO3/c1-12(19)6-7-14-8-10-15(11-9-14)21-13(2)16(20)18-17(3,4)5/h8-11,13H,6-7H2,1-5H3,(H,18,20). The molecule has 0 aromatic heterocycles. The van der Waals surface area contributed by atoms with E-state index < -0.39 is 6.10 Å². The molecule has 1 aromatic rings. The first kappa shape index (κ1) is 17.2. The molecule has 4 heteroatoms. The molecule has 0 heterocycles. The molecule has 1 N–H and O–H groups in total. The molecule has 1 aromatic carbocycles. The molecule has 0 fully saturated rings. The van der Waals surface area contributed by atoms with Crippen LogP contribution in [0, 0.1) is 0 Å². The first-order valence-electron chi connectivity index (χ1n) is 7.24. The molecular formula is C17H25NO3. The van der Waals surface area contributed by atoms with Crippen LogP contribution in [-0.4, -0.2) is 23.3 Å². The largest absolute Gasteiger partial charge is 0.481 e. The Labute approximate surface area is 126 Å². The van der Waals surface area contributed by atoms with Gasteiger partial charge >= 0.3 is 0 Å². The molecule has 1 atom stereocenters. The van der Waals surface area contributed by atoms with Crippen molar-refractivity contribution in [3.05, 3.63) is 29.8 Å². The summed E-state index contributed by atoms with van der Waals surface area (Å²) >= 11 is 0. The van der Waals surface area contributed by atoms with Crippen molar-refractivity contribution in [3.63, 3.8) is 0 Å². The van der Waals surface area contributed by atoms with Crippen molar-refractivity contribution >= 4 is 11.7 Å². The van der Waals surface area contributed by atoms with E-state index in [2.05, 4.69) is 5.32 Å². The Morgan fingerprint density at radius 2 is 1.76 bits per heavy atom. The molecule has 0 saturated heterocycles. The van der Waals surface area contributed by atoms with Gasteiger partial charge in [0.15, 0.2) is 6.10 Å². The van der Waals surface area contributed by atoms with Crippen LogP contribution in [0.3, 0.4) is 0 Å². The highest BCUT2D eigenvalue weighted by atomic mass is 16.5. The van der Waals surface area contributed by atoms with Gasteiger partial charge in [-0.3, -0.25) is 4.79 Å². The van der Waals surface area contributed by atoms with E-state index in [1.54, 1.807) is 13.8 Å². The van der Waals surface area contributed by atoms with Crippen molar-refractivity contribution in [3.8, 4) is 5.75 Å². The average molecular weight is 291 g/mol. The van der Waals surface area contributed by atoms with E-state index in [9.17, 15) is 9.59 Å². The summed E-state index contributed by atoms with van der Waals surface area (Å²) in [6, 6.07) is 7.51. The van der Waals surface area contributed by atoms with E-state index in [1.807, 2.05) is 45.0 Å². The van der Waals surface area contributed by atoms with Crippen molar-refractivity contribution < 1.29 is 14.3 Å². The number of ether oxygens (including phenoxy) is 1. The zero-order chi connectivity index (χ0) is 16.0. The van der Waals surface area contributed by atoms with Gasteiger partial charge in [0.1, 0.15) is 11.5 Å². The Bertz CT molecular complexity index is 486. The third-order valence-electron chi connectivity index (χ3n) is 2.87. The molecule has 0 bridgehead atoms. The average Bonchev–Trinajstić information content (AvgIpc) is 2.35. The Morgan fingerprint density at radius 3 is 2.24 bits per heavy atom. The van der Waals surface area contributed by atoms with Crippen molar-refractivity contribution in [1.82, 2.24) is 5.32 Å². The highest BCUT2D eigenvalue weighted by Crippen LogP contribution is 2.15. The lowest BCUT2D eigenvalue weighted by atomic mass is 10.1. The van der Waals surface area contributed by atoms with Crippen LogP contribution in [0.25, 0.3) is 0 Å². The van der Waals surface area contributed by atoms with Crippen LogP contribution in [0.2, 0.25) is 0 Å². The molecule has 0 aliphatic carbocycles. The van der Waals surface area contributed by atoms with Gasteiger partial charge in [-0.2, -0.15) is 0 Å². The number of hydrogen-bond donors (Lipinski definition) is 1. The monoisotopic (exact) mass is 291 g/mol. The summed E-state index contributed by atoms with van der Waals surface area (Å²) in [5.41, 5.74) is 0.815. The smallest absolute Gasteiger partial charge is 0.261 e. The van der Waals surface area contributed by atoms with Gasteiger partial charge in [-0.05, 0) is 58.7 Å². The number of carbonyl (C=O) groups excluding carboxylic acids is 2. The fourth-order valence-corrected chi connectivity index (χ4v) is 1.78. The molecule has 0 aliphatic rings. The maximum atomic E-state index is 11.9. The maximum Gasteiger partial charge on any atom is 0.261 e. The number of hydrogen-bond acceptors (Lipinski definition) is 3. The first-order valence-corrected chi connectivity index (χ1v) is 7.24. The fourth-order valence-electron chi connectivity index (χ4n) is 1.78. The SMILES string of the molecule is CC(=O)CCc1ccc(OC(C)C(=O)NC(C)(C)C)cc1. The Morgan fingerprint density at radius 1 is 1.19 bits per heavy atom. The lowest BCUT2D eigenvalue weighted by Crippen LogP contribution is -2.46. The van der Waals surface area contributed by atoms with E-state index >= 15 is 0 Å². The van der Waals surface area contributed by atoms with Crippen LogP contribution >= 0.6 is 0 Å². The third-order valence-corrected chi connectivity index (χ3v) is 2.87. The van der Waals surface area contributed by atoms with Gasteiger partial charge in [-0.15, -0.1) is 0 Å². The lowest BCUT2D eigenvalue weighted by molar-refractivity contribution is -0.128. The van der Waals surface area contributed by atoms with Crippen molar-refractivity contribution in [2.45, 2.75) is 59.1 Å². The molecule has 21 heavy (non-hydrogen) atoms. The van der Waals surface area contributed by atoms with Crippen molar-refractivity contribution in [1.29, 1.82) is 0 Å². The van der Waals surface area contributed by atoms with Gasteiger partial charge in [0.05, 0.1) is 0 Å². The summed E-state index contributed by atoms with van der Waals surface area (Å²) in [4.78, 5) is 22.9. The molecule has 0 spiro atoms. The molecular weight excluding hydrogens is 266 g/mol. The summed E-state index contributed by atoms with van der Waals surface area (Å²) in [5.74, 6) is 0.698. The predicted octanol–water partition coefficient (Wildman–Crippen LogP) is 2.89. The number of carbonyl (C=O) groups is 2. The second-order valence-electron chi connectivity index (χ2n) is 6.35.